The number of carbonyl (C=O) groups excluding carboxylic acids is 1. The second kappa shape index (κ2) is 7.11. The van der Waals surface area contributed by atoms with Crippen LogP contribution in [0.25, 0.3) is 0 Å². The van der Waals surface area contributed by atoms with E-state index in [-0.39, 0.29) is 11.7 Å². The molecular weight excluding hydrogens is 304 g/mol. The Morgan fingerprint density at radius 3 is 2.64 bits per heavy atom. The van der Waals surface area contributed by atoms with E-state index < -0.39 is 10.0 Å². The molecule has 1 N–H and O–H groups in total. The number of likely N-dealkylation sites (tertiary alicyclic amines) is 1. The van der Waals surface area contributed by atoms with Crippen LogP contribution >= 0.6 is 0 Å². The number of sulfonamides is 1. The molecule has 0 aromatic heterocycles. The standard InChI is InChI=1S/C15H22N2O4S/c1-3-22(19,20)16-14-6-4-13(5-7-14)15(18)17-9-8-12(10-17)11-21-2/h4-7,12,16H,3,8-11H2,1-2H3/t12-/m1/s1. The fraction of sp³-hybridized carbons (Fsp3) is 0.533. The summed E-state index contributed by atoms with van der Waals surface area (Å²) in [7, 11) is -1.63. The van der Waals surface area contributed by atoms with Crippen LogP contribution in [-0.2, 0) is 14.8 Å². The Balaban J connectivity index is 2.00. The maximum atomic E-state index is 12.4. The third kappa shape index (κ3) is 4.20. The van der Waals surface area contributed by atoms with Gasteiger partial charge in [0, 0.05) is 37.4 Å². The maximum Gasteiger partial charge on any atom is 0.253 e. The lowest BCUT2D eigenvalue weighted by atomic mass is 10.1. The number of ether oxygens (including phenoxy) is 1. The zero-order valence-electron chi connectivity index (χ0n) is 12.9. The highest BCUT2D eigenvalue weighted by Crippen LogP contribution is 2.20. The molecule has 22 heavy (non-hydrogen) atoms. The minimum Gasteiger partial charge on any atom is -0.384 e. The van der Waals surface area contributed by atoms with Gasteiger partial charge in [-0.1, -0.05) is 0 Å². The van der Waals surface area contributed by atoms with Crippen LogP contribution in [0.4, 0.5) is 5.69 Å². The van der Waals surface area contributed by atoms with Crippen molar-refractivity contribution >= 4 is 21.6 Å². The summed E-state index contributed by atoms with van der Waals surface area (Å²) in [4.78, 5) is 14.2. The number of amides is 1. The van der Waals surface area contributed by atoms with Crippen LogP contribution in [0.1, 0.15) is 23.7 Å². The molecule has 2 rings (SSSR count). The van der Waals surface area contributed by atoms with E-state index in [9.17, 15) is 13.2 Å². The van der Waals surface area contributed by atoms with Crippen molar-refractivity contribution in [3.8, 4) is 0 Å². The molecule has 0 radical (unpaired) electrons. The summed E-state index contributed by atoms with van der Waals surface area (Å²) >= 11 is 0. The second-order valence-electron chi connectivity index (χ2n) is 5.44. The molecule has 1 aromatic carbocycles. The number of hydrogen-bond acceptors (Lipinski definition) is 4. The van der Waals surface area contributed by atoms with Crippen molar-refractivity contribution in [3.05, 3.63) is 29.8 Å². The Kier molecular flexibility index (Phi) is 5.42. The number of hydrogen-bond donors (Lipinski definition) is 1. The van der Waals surface area contributed by atoms with E-state index in [0.29, 0.717) is 30.3 Å². The number of nitrogens with one attached hydrogen (secondary N) is 1. The Morgan fingerprint density at radius 2 is 2.05 bits per heavy atom. The predicted octanol–water partition coefficient (Wildman–Crippen LogP) is 1.56. The first kappa shape index (κ1) is 16.8. The number of anilines is 1. The molecule has 122 valence electrons. The first-order valence-electron chi connectivity index (χ1n) is 7.34. The summed E-state index contributed by atoms with van der Waals surface area (Å²) in [5, 5.41) is 0. The largest absolute Gasteiger partial charge is 0.384 e. The van der Waals surface area contributed by atoms with Crippen molar-refractivity contribution in [2.45, 2.75) is 13.3 Å². The molecule has 6 nitrogen and oxygen atoms in total. The average Bonchev–Trinajstić information content (AvgIpc) is 2.96. The second-order valence-corrected chi connectivity index (χ2v) is 7.46. The van der Waals surface area contributed by atoms with Gasteiger partial charge in [0.25, 0.3) is 5.91 Å². The smallest absolute Gasteiger partial charge is 0.253 e. The van der Waals surface area contributed by atoms with Crippen molar-refractivity contribution in [2.24, 2.45) is 5.92 Å². The molecule has 0 bridgehead atoms. The van der Waals surface area contributed by atoms with Gasteiger partial charge in [-0.2, -0.15) is 0 Å². The van der Waals surface area contributed by atoms with Gasteiger partial charge in [-0.05, 0) is 37.6 Å². The van der Waals surface area contributed by atoms with Crippen molar-refractivity contribution in [1.29, 1.82) is 0 Å². The molecule has 0 saturated carbocycles. The zero-order valence-corrected chi connectivity index (χ0v) is 13.7. The van der Waals surface area contributed by atoms with Gasteiger partial charge in [0.1, 0.15) is 0 Å². The van der Waals surface area contributed by atoms with Gasteiger partial charge < -0.3 is 9.64 Å². The molecule has 0 aliphatic carbocycles. The van der Waals surface area contributed by atoms with Crippen molar-refractivity contribution in [3.63, 3.8) is 0 Å². The maximum absolute atomic E-state index is 12.4. The van der Waals surface area contributed by atoms with Crippen LogP contribution in [-0.4, -0.2) is 51.8 Å². The lowest BCUT2D eigenvalue weighted by molar-refractivity contribution is 0.0775. The Bertz CT molecular complexity index is 613. The van der Waals surface area contributed by atoms with E-state index in [1.807, 2.05) is 4.90 Å². The summed E-state index contributed by atoms with van der Waals surface area (Å²) in [5.41, 5.74) is 1.04. The van der Waals surface area contributed by atoms with Crippen LogP contribution in [0.15, 0.2) is 24.3 Å². The number of nitrogens with zero attached hydrogens (tertiary/aromatic N) is 1. The zero-order chi connectivity index (χ0) is 16.2. The van der Waals surface area contributed by atoms with Gasteiger partial charge in [-0.25, -0.2) is 8.42 Å². The SMILES string of the molecule is CCS(=O)(=O)Nc1ccc(C(=O)N2CC[C@@H](COC)C2)cc1. The Labute approximate surface area is 131 Å². The molecule has 1 aliphatic heterocycles. The molecule has 1 atom stereocenters. The highest BCUT2D eigenvalue weighted by molar-refractivity contribution is 7.92. The first-order chi connectivity index (χ1) is 10.4. The minimum absolute atomic E-state index is 0.0162. The monoisotopic (exact) mass is 326 g/mol. The third-order valence-electron chi connectivity index (χ3n) is 3.76. The first-order valence-corrected chi connectivity index (χ1v) is 8.99. The van der Waals surface area contributed by atoms with Crippen molar-refractivity contribution < 1.29 is 17.9 Å². The minimum atomic E-state index is -3.29. The van der Waals surface area contributed by atoms with Gasteiger partial charge in [-0.3, -0.25) is 9.52 Å². The summed E-state index contributed by atoms with van der Waals surface area (Å²) in [5.74, 6) is 0.385. The van der Waals surface area contributed by atoms with Crippen LogP contribution in [0, 0.1) is 5.92 Å². The molecule has 1 amide bonds. The fourth-order valence-electron chi connectivity index (χ4n) is 2.50. The lowest BCUT2D eigenvalue weighted by Gasteiger charge is -2.16. The van der Waals surface area contributed by atoms with Gasteiger partial charge >= 0.3 is 0 Å². The summed E-state index contributed by atoms with van der Waals surface area (Å²) in [6, 6.07) is 6.53. The summed E-state index contributed by atoms with van der Waals surface area (Å²) in [6.45, 7) is 3.68. The van der Waals surface area contributed by atoms with E-state index in [1.54, 1.807) is 38.3 Å². The van der Waals surface area contributed by atoms with Crippen LogP contribution in [0.5, 0.6) is 0 Å². The average molecular weight is 326 g/mol. The molecule has 1 heterocycles. The molecule has 1 aliphatic rings. The van der Waals surface area contributed by atoms with Gasteiger partial charge in [0.2, 0.25) is 10.0 Å². The topological polar surface area (TPSA) is 75.7 Å². The highest BCUT2D eigenvalue weighted by atomic mass is 32.2. The van der Waals surface area contributed by atoms with E-state index in [0.717, 1.165) is 13.0 Å². The van der Waals surface area contributed by atoms with Gasteiger partial charge in [0.15, 0.2) is 0 Å². The summed E-state index contributed by atoms with van der Waals surface area (Å²) in [6.07, 6.45) is 0.952. The number of carbonyl (C=O) groups is 1. The number of methoxy groups -OCH3 is 1. The molecule has 1 fully saturated rings. The quantitative estimate of drug-likeness (QED) is 0.861. The van der Waals surface area contributed by atoms with Crippen LogP contribution in [0.3, 0.4) is 0 Å². The molecule has 1 saturated heterocycles. The molecule has 0 spiro atoms. The van der Waals surface area contributed by atoms with Gasteiger partial charge in [0.05, 0.1) is 12.4 Å². The normalized spacial score (nSPS) is 18.5. The van der Waals surface area contributed by atoms with Crippen molar-refractivity contribution in [1.82, 2.24) is 4.90 Å². The highest BCUT2D eigenvalue weighted by Gasteiger charge is 2.26. The molecular formula is C15H22N2O4S. The van der Waals surface area contributed by atoms with E-state index in [4.69, 9.17) is 4.74 Å². The third-order valence-corrected chi connectivity index (χ3v) is 5.07. The van der Waals surface area contributed by atoms with Crippen molar-refractivity contribution in [2.75, 3.05) is 37.3 Å². The lowest BCUT2D eigenvalue weighted by Crippen LogP contribution is -2.29. The van der Waals surface area contributed by atoms with E-state index in [1.165, 1.54) is 0 Å². The fourth-order valence-corrected chi connectivity index (χ4v) is 3.14. The molecule has 7 heteroatoms. The Hall–Kier alpha value is -1.60. The Morgan fingerprint density at radius 1 is 1.36 bits per heavy atom. The van der Waals surface area contributed by atoms with E-state index >= 15 is 0 Å². The number of rotatable bonds is 6. The van der Waals surface area contributed by atoms with E-state index in [2.05, 4.69) is 4.72 Å². The predicted molar refractivity (Wildman–Crippen MR) is 85.4 cm³/mol. The molecule has 0 unspecified atom stereocenters. The molecule has 1 aromatic rings. The van der Waals surface area contributed by atoms with Crippen LogP contribution in [0.2, 0.25) is 0 Å². The van der Waals surface area contributed by atoms with Gasteiger partial charge in [-0.15, -0.1) is 0 Å². The summed E-state index contributed by atoms with van der Waals surface area (Å²) < 4.78 is 30.6. The number of benzene rings is 1. The van der Waals surface area contributed by atoms with Crippen LogP contribution < -0.4 is 4.72 Å².